The highest BCUT2D eigenvalue weighted by Gasteiger charge is 2.26. The van der Waals surface area contributed by atoms with Gasteiger partial charge >= 0.3 is 0 Å². The lowest BCUT2D eigenvalue weighted by Gasteiger charge is -2.32. The van der Waals surface area contributed by atoms with Gasteiger partial charge in [0.25, 0.3) is 5.91 Å². The standard InChI is InChI=1S/C21H25BrN2O4/c1-26-18-10-16(17(22)11-19(18)27-2)12-23-21(25)20-14-24(8-9-28-20)13-15-6-4-3-5-7-15/h3-7,10-11,20H,8-9,12-14H2,1-2H3,(H,23,25). The van der Waals surface area contributed by atoms with Crippen LogP contribution in [0.5, 0.6) is 11.5 Å². The third-order valence-corrected chi connectivity index (χ3v) is 5.44. The van der Waals surface area contributed by atoms with E-state index in [0.717, 1.165) is 23.1 Å². The molecule has 0 bridgehead atoms. The number of ether oxygens (including phenoxy) is 3. The smallest absolute Gasteiger partial charge is 0.250 e. The second-order valence-corrected chi connectivity index (χ2v) is 7.45. The van der Waals surface area contributed by atoms with Gasteiger partial charge in [-0.3, -0.25) is 9.69 Å². The Morgan fingerprint density at radius 1 is 1.21 bits per heavy atom. The Hall–Kier alpha value is -2.09. The van der Waals surface area contributed by atoms with Crippen LogP contribution in [0.4, 0.5) is 0 Å². The number of nitrogens with zero attached hydrogens (tertiary/aromatic N) is 1. The van der Waals surface area contributed by atoms with Gasteiger partial charge in [-0.2, -0.15) is 0 Å². The van der Waals surface area contributed by atoms with Crippen LogP contribution in [0.25, 0.3) is 0 Å². The van der Waals surface area contributed by atoms with Crippen molar-refractivity contribution in [1.29, 1.82) is 0 Å². The lowest BCUT2D eigenvalue weighted by Crippen LogP contribution is -2.49. The summed E-state index contributed by atoms with van der Waals surface area (Å²) in [6, 6.07) is 13.9. The van der Waals surface area contributed by atoms with Crippen LogP contribution in [0, 0.1) is 0 Å². The fourth-order valence-electron chi connectivity index (χ4n) is 3.17. The Morgan fingerprint density at radius 2 is 1.93 bits per heavy atom. The zero-order chi connectivity index (χ0) is 19.9. The molecule has 1 heterocycles. The summed E-state index contributed by atoms with van der Waals surface area (Å²) in [5, 5.41) is 2.97. The molecule has 1 atom stereocenters. The number of carbonyl (C=O) groups is 1. The van der Waals surface area contributed by atoms with E-state index < -0.39 is 6.10 Å². The van der Waals surface area contributed by atoms with Crippen LogP contribution < -0.4 is 14.8 Å². The maximum atomic E-state index is 12.6. The molecule has 0 saturated carbocycles. The number of nitrogens with one attached hydrogen (secondary N) is 1. The predicted octanol–water partition coefficient (Wildman–Crippen LogP) is 2.98. The monoisotopic (exact) mass is 448 g/mol. The third-order valence-electron chi connectivity index (χ3n) is 4.70. The first kappa shape index (κ1) is 20.6. The summed E-state index contributed by atoms with van der Waals surface area (Å²) in [6.45, 7) is 3.13. The van der Waals surface area contributed by atoms with Crippen molar-refractivity contribution in [3.63, 3.8) is 0 Å². The number of halogens is 1. The number of benzene rings is 2. The molecule has 1 saturated heterocycles. The second kappa shape index (κ2) is 9.91. The Morgan fingerprint density at radius 3 is 2.64 bits per heavy atom. The molecular formula is C21H25BrN2O4. The van der Waals surface area contributed by atoms with Crippen molar-refractivity contribution >= 4 is 21.8 Å². The topological polar surface area (TPSA) is 60.0 Å². The minimum atomic E-state index is -0.476. The lowest BCUT2D eigenvalue weighted by atomic mass is 10.1. The number of hydrogen-bond acceptors (Lipinski definition) is 5. The number of amides is 1. The minimum absolute atomic E-state index is 0.112. The van der Waals surface area contributed by atoms with Crippen LogP contribution in [-0.2, 0) is 22.6 Å². The zero-order valence-electron chi connectivity index (χ0n) is 16.1. The van der Waals surface area contributed by atoms with E-state index >= 15 is 0 Å². The maximum absolute atomic E-state index is 12.6. The largest absolute Gasteiger partial charge is 0.493 e. The first-order valence-electron chi connectivity index (χ1n) is 9.16. The van der Waals surface area contributed by atoms with Crippen molar-refractivity contribution in [2.45, 2.75) is 19.2 Å². The molecule has 6 nitrogen and oxygen atoms in total. The van der Waals surface area contributed by atoms with E-state index in [1.165, 1.54) is 5.56 Å². The van der Waals surface area contributed by atoms with Crippen molar-refractivity contribution in [3.05, 3.63) is 58.1 Å². The average Bonchev–Trinajstić information content (AvgIpc) is 2.73. The first-order valence-corrected chi connectivity index (χ1v) is 9.96. The number of methoxy groups -OCH3 is 2. The molecule has 0 radical (unpaired) electrons. The van der Waals surface area contributed by atoms with Crippen LogP contribution in [0.2, 0.25) is 0 Å². The van der Waals surface area contributed by atoms with Crippen LogP contribution >= 0.6 is 15.9 Å². The quantitative estimate of drug-likeness (QED) is 0.705. The molecule has 1 N–H and O–H groups in total. The fourth-order valence-corrected chi connectivity index (χ4v) is 3.64. The van der Waals surface area contributed by atoms with E-state index in [1.807, 2.05) is 30.3 Å². The van der Waals surface area contributed by atoms with Crippen LogP contribution in [0.15, 0.2) is 46.9 Å². The number of morpholine rings is 1. The number of rotatable bonds is 7. The molecule has 3 rings (SSSR count). The average molecular weight is 449 g/mol. The molecule has 1 fully saturated rings. The van der Waals surface area contributed by atoms with Crippen molar-refractivity contribution in [2.24, 2.45) is 0 Å². The summed E-state index contributed by atoms with van der Waals surface area (Å²) in [6.07, 6.45) is -0.476. The molecule has 1 unspecified atom stereocenters. The van der Waals surface area contributed by atoms with Crippen LogP contribution in [0.3, 0.4) is 0 Å². The molecule has 0 spiro atoms. The predicted molar refractivity (Wildman–Crippen MR) is 111 cm³/mol. The van der Waals surface area contributed by atoms with Crippen molar-refractivity contribution in [1.82, 2.24) is 10.2 Å². The molecule has 0 aliphatic carbocycles. The summed E-state index contributed by atoms with van der Waals surface area (Å²) in [4.78, 5) is 14.9. The molecule has 150 valence electrons. The SMILES string of the molecule is COc1cc(Br)c(CNC(=O)C2CN(Cc3ccccc3)CCO2)cc1OC. The van der Waals surface area contributed by atoms with Crippen molar-refractivity contribution in [2.75, 3.05) is 33.9 Å². The second-order valence-electron chi connectivity index (χ2n) is 6.60. The van der Waals surface area contributed by atoms with Crippen molar-refractivity contribution in [3.8, 4) is 11.5 Å². The highest BCUT2D eigenvalue weighted by atomic mass is 79.9. The third kappa shape index (κ3) is 5.25. The van der Waals surface area contributed by atoms with Gasteiger partial charge in [0.05, 0.1) is 20.8 Å². The molecule has 2 aromatic carbocycles. The van der Waals surface area contributed by atoms with Gasteiger partial charge in [0.2, 0.25) is 0 Å². The van der Waals surface area contributed by atoms with Gasteiger partial charge in [-0.05, 0) is 23.3 Å². The van der Waals surface area contributed by atoms with E-state index in [9.17, 15) is 4.79 Å². The van der Waals surface area contributed by atoms with E-state index in [4.69, 9.17) is 14.2 Å². The molecular weight excluding hydrogens is 424 g/mol. The number of hydrogen-bond donors (Lipinski definition) is 1. The zero-order valence-corrected chi connectivity index (χ0v) is 17.7. The lowest BCUT2D eigenvalue weighted by molar-refractivity contribution is -0.139. The van der Waals surface area contributed by atoms with E-state index in [-0.39, 0.29) is 5.91 Å². The molecule has 1 amide bonds. The van der Waals surface area contributed by atoms with Gasteiger partial charge in [0.1, 0.15) is 6.10 Å². The minimum Gasteiger partial charge on any atom is -0.493 e. The van der Waals surface area contributed by atoms with Crippen LogP contribution in [-0.4, -0.2) is 50.8 Å². The molecule has 1 aliphatic heterocycles. The van der Waals surface area contributed by atoms with Crippen LogP contribution in [0.1, 0.15) is 11.1 Å². The first-order chi connectivity index (χ1) is 13.6. The Bertz CT molecular complexity index is 800. The van der Waals surface area contributed by atoms with E-state index in [1.54, 1.807) is 14.2 Å². The fraction of sp³-hybridized carbons (Fsp3) is 0.381. The molecule has 28 heavy (non-hydrogen) atoms. The van der Waals surface area contributed by atoms with Gasteiger partial charge in [-0.1, -0.05) is 46.3 Å². The molecule has 7 heteroatoms. The molecule has 1 aliphatic rings. The van der Waals surface area contributed by atoms with Gasteiger partial charge in [0, 0.05) is 30.7 Å². The summed E-state index contributed by atoms with van der Waals surface area (Å²) in [5.74, 6) is 1.15. The highest BCUT2D eigenvalue weighted by molar-refractivity contribution is 9.10. The molecule has 0 aromatic heterocycles. The van der Waals surface area contributed by atoms with Crippen molar-refractivity contribution < 1.29 is 19.0 Å². The van der Waals surface area contributed by atoms with E-state index in [2.05, 4.69) is 38.3 Å². The van der Waals surface area contributed by atoms with Gasteiger partial charge in [0.15, 0.2) is 11.5 Å². The van der Waals surface area contributed by atoms with E-state index in [0.29, 0.717) is 31.2 Å². The summed E-state index contributed by atoms with van der Waals surface area (Å²) < 4.78 is 17.2. The normalized spacial score (nSPS) is 17.2. The summed E-state index contributed by atoms with van der Waals surface area (Å²) in [7, 11) is 3.18. The molecule has 2 aromatic rings. The highest BCUT2D eigenvalue weighted by Crippen LogP contribution is 2.33. The Kier molecular flexibility index (Phi) is 7.30. The Labute approximate surface area is 173 Å². The van der Waals surface area contributed by atoms with Gasteiger partial charge in [-0.15, -0.1) is 0 Å². The Balaban J connectivity index is 1.57. The van der Waals surface area contributed by atoms with Gasteiger partial charge < -0.3 is 19.5 Å². The maximum Gasteiger partial charge on any atom is 0.250 e. The number of carbonyl (C=O) groups excluding carboxylic acids is 1. The summed E-state index contributed by atoms with van der Waals surface area (Å²) >= 11 is 3.52. The van der Waals surface area contributed by atoms with Gasteiger partial charge in [-0.25, -0.2) is 0 Å². The summed E-state index contributed by atoms with van der Waals surface area (Å²) in [5.41, 5.74) is 2.14.